The van der Waals surface area contributed by atoms with E-state index in [1.807, 2.05) is 0 Å². The lowest BCUT2D eigenvalue weighted by atomic mass is 10.0. The maximum absolute atomic E-state index is 14.8. The molecule has 4 bridgehead atoms. The zero-order chi connectivity index (χ0) is 30.6. The molecule has 1 aromatic carbocycles. The minimum Gasteiger partial charge on any atom is -0.493 e. The van der Waals surface area contributed by atoms with Crippen molar-refractivity contribution in [3.05, 3.63) is 71.9 Å². The second-order valence-corrected chi connectivity index (χ2v) is 11.8. The summed E-state index contributed by atoms with van der Waals surface area (Å²) in [7, 11) is -3.76. The standard InChI is InChI=1S/C28H25F2N5O7S/c29-18-2-3-19-20-13-23(32-14-21(20)30)33-24-10-17(11-26(34-24)42-8-1-7-41-22(19)12-18)16-43(39,40)9-6-31-25(36)15-35-27(37)4-5-28(35)38/h2-5,10-14H,1,6-9,15-16H2,(H,31,36)(H,32,33,34). The summed E-state index contributed by atoms with van der Waals surface area (Å²) in [5, 5.41) is 5.33. The van der Waals surface area contributed by atoms with Crippen molar-refractivity contribution in [1.29, 1.82) is 0 Å². The number of imide groups is 1. The molecule has 12 nitrogen and oxygen atoms in total. The quantitative estimate of drug-likeness (QED) is 0.379. The first-order valence-corrected chi connectivity index (χ1v) is 14.9. The molecule has 43 heavy (non-hydrogen) atoms. The van der Waals surface area contributed by atoms with Gasteiger partial charge in [0, 0.05) is 48.4 Å². The predicted octanol–water partition coefficient (Wildman–Crippen LogP) is 2.28. The Morgan fingerprint density at radius 1 is 1.00 bits per heavy atom. The van der Waals surface area contributed by atoms with Crippen molar-refractivity contribution in [2.45, 2.75) is 12.2 Å². The summed E-state index contributed by atoms with van der Waals surface area (Å²) in [4.78, 5) is 44.4. The van der Waals surface area contributed by atoms with Crippen molar-refractivity contribution in [3.63, 3.8) is 0 Å². The maximum Gasteiger partial charge on any atom is 0.254 e. The molecule has 0 aliphatic carbocycles. The third-order valence-corrected chi connectivity index (χ3v) is 7.93. The lowest BCUT2D eigenvalue weighted by Gasteiger charge is -2.16. The average Bonchev–Trinajstić information content (AvgIpc) is 3.25. The van der Waals surface area contributed by atoms with Gasteiger partial charge in [0.05, 0.1) is 30.9 Å². The molecule has 0 radical (unpaired) electrons. The summed E-state index contributed by atoms with van der Waals surface area (Å²) < 4.78 is 65.9. The van der Waals surface area contributed by atoms with E-state index in [1.165, 1.54) is 36.4 Å². The van der Waals surface area contributed by atoms with Crippen LogP contribution in [0, 0.1) is 11.6 Å². The van der Waals surface area contributed by atoms with Crippen LogP contribution >= 0.6 is 0 Å². The molecular weight excluding hydrogens is 588 g/mol. The summed E-state index contributed by atoms with van der Waals surface area (Å²) in [6.45, 7) is -0.498. The van der Waals surface area contributed by atoms with E-state index < -0.39 is 57.2 Å². The highest BCUT2D eigenvalue weighted by molar-refractivity contribution is 7.90. The number of fused-ring (bicyclic) bond motifs is 6. The van der Waals surface area contributed by atoms with Crippen LogP contribution in [0.2, 0.25) is 0 Å². The fraction of sp³-hybridized carbons (Fsp3) is 0.250. The smallest absolute Gasteiger partial charge is 0.254 e. The topological polar surface area (TPSA) is 157 Å². The number of pyridine rings is 2. The van der Waals surface area contributed by atoms with Gasteiger partial charge < -0.3 is 20.1 Å². The van der Waals surface area contributed by atoms with E-state index in [0.29, 0.717) is 17.5 Å². The number of anilines is 2. The molecule has 5 rings (SSSR count). The number of nitrogens with one attached hydrogen (secondary N) is 2. The Kier molecular flexibility index (Phi) is 8.61. The van der Waals surface area contributed by atoms with Gasteiger partial charge in [0.2, 0.25) is 11.8 Å². The SMILES string of the molecule is O=C(CN1C(=O)C=CC1=O)NCCS(=O)(=O)Cc1cc2nc(c1)OCCCOc1cc(F)ccc1-c1cc(ncc1F)N2. The number of ether oxygens (including phenoxy) is 2. The minimum atomic E-state index is -3.76. The molecule has 0 fully saturated rings. The summed E-state index contributed by atoms with van der Waals surface area (Å²) in [5.74, 6) is -3.33. The molecule has 2 N–H and O–H groups in total. The van der Waals surface area contributed by atoms with Crippen LogP contribution in [0.15, 0.2) is 54.7 Å². The normalized spacial score (nSPS) is 14.7. The first kappa shape index (κ1) is 29.6. The summed E-state index contributed by atoms with van der Waals surface area (Å²) in [5.41, 5.74) is 0.749. The number of amides is 3. The van der Waals surface area contributed by atoms with Crippen LogP contribution in [0.1, 0.15) is 12.0 Å². The van der Waals surface area contributed by atoms with Gasteiger partial charge in [0.15, 0.2) is 9.84 Å². The summed E-state index contributed by atoms with van der Waals surface area (Å²) >= 11 is 0. The van der Waals surface area contributed by atoms with Gasteiger partial charge in [-0.2, -0.15) is 4.98 Å². The van der Waals surface area contributed by atoms with E-state index in [1.54, 1.807) is 0 Å². The number of nitrogens with zero attached hydrogens (tertiary/aromatic N) is 3. The van der Waals surface area contributed by atoms with Gasteiger partial charge >= 0.3 is 0 Å². The Labute approximate surface area is 244 Å². The molecule has 0 spiro atoms. The van der Waals surface area contributed by atoms with Gasteiger partial charge in [-0.3, -0.25) is 19.3 Å². The predicted molar refractivity (Wildman–Crippen MR) is 149 cm³/mol. The monoisotopic (exact) mass is 613 g/mol. The lowest BCUT2D eigenvalue weighted by molar-refractivity contribution is -0.141. The van der Waals surface area contributed by atoms with E-state index in [2.05, 4.69) is 20.6 Å². The van der Waals surface area contributed by atoms with Gasteiger partial charge in [-0.25, -0.2) is 22.2 Å². The van der Waals surface area contributed by atoms with Crippen LogP contribution in [0.4, 0.5) is 20.4 Å². The number of halogens is 2. The van der Waals surface area contributed by atoms with Gasteiger partial charge in [-0.05, 0) is 29.8 Å². The first-order valence-electron chi connectivity index (χ1n) is 13.1. The Morgan fingerprint density at radius 3 is 2.56 bits per heavy atom. The molecule has 0 unspecified atom stereocenters. The number of hydrogen-bond acceptors (Lipinski definition) is 10. The third-order valence-electron chi connectivity index (χ3n) is 6.33. The molecule has 3 amide bonds. The van der Waals surface area contributed by atoms with Crippen LogP contribution in [0.25, 0.3) is 11.1 Å². The Hall–Kier alpha value is -4.92. The average molecular weight is 614 g/mol. The number of aromatic nitrogens is 2. The van der Waals surface area contributed by atoms with Crippen molar-refractivity contribution < 1.29 is 41.1 Å². The number of sulfone groups is 1. The van der Waals surface area contributed by atoms with Gasteiger partial charge in [0.25, 0.3) is 11.8 Å². The highest BCUT2D eigenvalue weighted by atomic mass is 32.2. The van der Waals surface area contributed by atoms with Crippen molar-refractivity contribution in [1.82, 2.24) is 20.2 Å². The zero-order valence-electron chi connectivity index (χ0n) is 22.5. The molecule has 2 aromatic heterocycles. The van der Waals surface area contributed by atoms with Crippen molar-refractivity contribution in [3.8, 4) is 22.8 Å². The molecule has 3 aromatic rings. The number of carbonyl (C=O) groups is 3. The first-order chi connectivity index (χ1) is 20.6. The van der Waals surface area contributed by atoms with Gasteiger partial charge in [0.1, 0.15) is 35.6 Å². The van der Waals surface area contributed by atoms with E-state index in [0.717, 1.165) is 23.2 Å². The van der Waals surface area contributed by atoms with Crippen molar-refractivity contribution in [2.24, 2.45) is 0 Å². The summed E-state index contributed by atoms with van der Waals surface area (Å²) in [6, 6.07) is 8.10. The molecule has 224 valence electrons. The van der Waals surface area contributed by atoms with Crippen LogP contribution < -0.4 is 20.1 Å². The molecule has 0 saturated heterocycles. The van der Waals surface area contributed by atoms with Gasteiger partial charge in [-0.15, -0.1) is 0 Å². The second-order valence-electron chi connectivity index (χ2n) is 9.60. The van der Waals surface area contributed by atoms with Crippen LogP contribution in [0.5, 0.6) is 11.6 Å². The van der Waals surface area contributed by atoms with Crippen LogP contribution in [0.3, 0.4) is 0 Å². The number of carbonyl (C=O) groups excluding carboxylic acids is 3. The van der Waals surface area contributed by atoms with Crippen LogP contribution in [-0.4, -0.2) is 73.1 Å². The Balaban J connectivity index is 1.31. The highest BCUT2D eigenvalue weighted by Crippen LogP contribution is 2.34. The molecule has 0 atom stereocenters. The maximum atomic E-state index is 14.8. The molecule has 15 heteroatoms. The minimum absolute atomic E-state index is 0.108. The van der Waals surface area contributed by atoms with E-state index in [4.69, 9.17) is 9.47 Å². The summed E-state index contributed by atoms with van der Waals surface area (Å²) in [6.07, 6.45) is 3.44. The lowest BCUT2D eigenvalue weighted by Crippen LogP contribution is -2.41. The number of rotatable bonds is 7. The molecular formula is C28H25F2N5O7S. The van der Waals surface area contributed by atoms with Crippen LogP contribution in [-0.2, 0) is 30.0 Å². The molecule has 2 aliphatic rings. The van der Waals surface area contributed by atoms with E-state index >= 15 is 0 Å². The van der Waals surface area contributed by atoms with E-state index in [-0.39, 0.29) is 48.6 Å². The highest BCUT2D eigenvalue weighted by Gasteiger charge is 2.25. The largest absolute Gasteiger partial charge is 0.493 e. The van der Waals surface area contributed by atoms with Crippen molar-refractivity contribution in [2.75, 3.05) is 37.4 Å². The third kappa shape index (κ3) is 7.48. The van der Waals surface area contributed by atoms with Gasteiger partial charge in [-0.1, -0.05) is 0 Å². The molecule has 0 saturated carbocycles. The Bertz CT molecular complexity index is 1710. The van der Waals surface area contributed by atoms with Crippen molar-refractivity contribution >= 4 is 39.2 Å². The second kappa shape index (κ2) is 12.5. The van der Waals surface area contributed by atoms with E-state index in [9.17, 15) is 31.6 Å². The molecule has 4 heterocycles. The fourth-order valence-electron chi connectivity index (χ4n) is 4.34. The Morgan fingerprint density at radius 2 is 1.77 bits per heavy atom. The fourth-order valence-corrected chi connectivity index (χ4v) is 5.57. The molecule has 2 aliphatic heterocycles. The number of benzene rings is 1. The number of hydrogen-bond donors (Lipinski definition) is 2. The zero-order valence-corrected chi connectivity index (χ0v) is 23.3.